The van der Waals surface area contributed by atoms with Crippen molar-refractivity contribution in [2.45, 2.75) is 400 Å². The minimum absolute atomic E-state index is 0.148. The molecule has 0 unspecified atom stereocenters. The van der Waals surface area contributed by atoms with Crippen LogP contribution in [0.4, 0.5) is 0 Å². The number of phenols is 1. The van der Waals surface area contributed by atoms with E-state index in [4.69, 9.17) is 31.9 Å². The van der Waals surface area contributed by atoms with Crippen LogP contribution in [-0.2, 0) is 28.9 Å². The fraction of sp³-hybridized carbons (Fsp3) is 0.790. The standard InChI is InChI=1S/C12H15N.C10H14O.C10H14.3C7H16.C6H13NO.C6H14S.C6H14.C5H11NO.2C5H12O.C4H10O.C4H10S.C4H10Se.C4H10.C3H8/c1-9(2)7-10-8-13-12-6-4-3-5-11(10)12;1-8(2)7-9-3-5-10(11)6-4-9;1-9(2)8-10-6-4-3-5-7-10;1-6(2)5-7(3)4;2*1-5-7(4)6(2)3;1-5(2)3-4-6(7)8;1-6(2)4-5-7-3;1-5(2)6(3)4;1-4(2)3-5(6)7;2*1-4(2)5(3)6;3*1-4(2)3-5;1-4(2)3;1-3-2/h3-6,8-9,13H,7H2,1-2H3;3-6,8,11H,7H2,1-2H3;3-7,9H,8H2,1-2H3;3*6-7H,5H2,1-4H3;5H,3-4H2,1-2H3,(H2,7,8);6H,4-5H2,1-3H3;5-6H,1-4H3;4H,3H2,1-2H3,(H2,6,7);2*4-6H,1-3H3;3*4-5H,3H2,1-2H3;4H,1-3H3;3H2,1-2H3/t;;;;2*7-;;;;;2*5-;;;;;/m....10....10...../s1. The van der Waals surface area contributed by atoms with E-state index >= 15 is 0 Å². The average Bonchev–Trinajstić information content (AvgIpc) is 1.70. The van der Waals surface area contributed by atoms with Crippen LogP contribution < -0.4 is 11.5 Å². The number of phenolic OH excluding ortho intramolecular Hbond substituents is 1. The summed E-state index contributed by atoms with van der Waals surface area (Å²) in [6, 6.07) is 26.5. The van der Waals surface area contributed by atoms with E-state index < -0.39 is 0 Å². The van der Waals surface area contributed by atoms with Gasteiger partial charge in [-0.15, -0.1) is 0 Å². The summed E-state index contributed by atoms with van der Waals surface area (Å²) in [4.78, 5) is 23.5. The molecule has 0 bridgehead atoms. The molecule has 0 aliphatic rings. The number of aliphatic hydroxyl groups is 3. The van der Waals surface area contributed by atoms with Gasteiger partial charge >= 0.3 is 41.1 Å². The zero-order chi connectivity index (χ0) is 95.2. The van der Waals surface area contributed by atoms with Gasteiger partial charge in [0.15, 0.2) is 0 Å². The number of fused-ring (bicyclic) bond motifs is 1. The number of nitrogens with two attached hydrogens (primary N) is 2. The maximum absolute atomic E-state index is 10.1. The Kier molecular flexibility index (Phi) is 124. The number of aromatic nitrogens is 1. The SMILES string of the molecule is CC(C)C.CC(C)C(C)C.CC(C)CC(C)C.CC(C)CC(N)=O.CC(C)CCC(N)=O.CC(C)CO.CC(C)CS.CC(C)C[SeH].CC(C)Cc1c[nH]c2ccccc12.CC(C)Cc1ccc(O)cc1.CC(C)Cc1ccccc1.CC(C)[C@@H](C)O.CC(C)[C@H](C)O.CCC.CC[C@@H](C)C(C)C.CC[C@H](C)C(C)C.CSCCC(C)C. The minimum Gasteiger partial charge on any atom is -0.508 e. The monoisotopic (exact) mass is 1760 g/mol. The number of rotatable bonds is 26. The number of amides is 2. The Bertz CT molecular complexity index is 2380. The van der Waals surface area contributed by atoms with Gasteiger partial charge in [0.05, 0.1) is 12.2 Å². The molecule has 0 saturated heterocycles. The van der Waals surface area contributed by atoms with Crippen LogP contribution in [0.5, 0.6) is 5.75 Å². The molecule has 9 N–H and O–H groups in total. The molecule has 0 radical (unpaired) electrons. The maximum atomic E-state index is 10.1. The number of hydrogen-bond donors (Lipinski definition) is 8. The Balaban J connectivity index is -0.0000000903. The van der Waals surface area contributed by atoms with Gasteiger partial charge in [-0.05, 0) is 217 Å². The van der Waals surface area contributed by atoms with Crippen molar-refractivity contribution in [3.63, 3.8) is 0 Å². The predicted octanol–water partition coefficient (Wildman–Crippen LogP) is 31.3. The Hall–Kier alpha value is -2.96. The number of aliphatic hydroxyl groups excluding tert-OH is 3. The van der Waals surface area contributed by atoms with Crippen LogP contribution in [0.25, 0.3) is 10.9 Å². The summed E-state index contributed by atoms with van der Waals surface area (Å²) in [5.41, 5.74) is 15.2. The first-order valence-corrected chi connectivity index (χ1v) is 49.6. The van der Waals surface area contributed by atoms with Gasteiger partial charge in [-0.1, -0.05) is 364 Å². The molecule has 9 nitrogen and oxygen atoms in total. The Morgan fingerprint density at radius 3 is 0.923 bits per heavy atom. The van der Waals surface area contributed by atoms with Gasteiger partial charge in [0.1, 0.15) is 5.75 Å². The molecule has 4 rings (SSSR count). The third-order valence-corrected chi connectivity index (χ3v) is 19.6. The van der Waals surface area contributed by atoms with Gasteiger partial charge < -0.3 is 36.9 Å². The number of aromatic hydroxyl groups is 1. The van der Waals surface area contributed by atoms with Crippen LogP contribution in [0, 0.1) is 118 Å². The topological polar surface area (TPSA) is 183 Å². The van der Waals surface area contributed by atoms with Crippen molar-refractivity contribution in [3.8, 4) is 5.75 Å². The van der Waals surface area contributed by atoms with Crippen LogP contribution in [0.1, 0.15) is 380 Å². The molecule has 117 heavy (non-hydrogen) atoms. The van der Waals surface area contributed by atoms with Gasteiger partial charge in [-0.25, -0.2) is 0 Å². The fourth-order valence-corrected chi connectivity index (χ4v) is 7.71. The molecule has 0 saturated carbocycles. The van der Waals surface area contributed by atoms with Crippen LogP contribution in [-0.4, -0.2) is 89.8 Å². The van der Waals surface area contributed by atoms with Gasteiger partial charge in [-0.2, -0.15) is 24.4 Å². The van der Waals surface area contributed by atoms with Crippen molar-refractivity contribution in [3.05, 3.63) is 102 Å². The molecular formula is C105H215N3O6S2Se. The smallest absolute Gasteiger partial charge is 0.115 e. The van der Waals surface area contributed by atoms with Gasteiger partial charge in [-0.3, -0.25) is 9.59 Å². The largest absolute Gasteiger partial charge is 0.508 e. The number of thioether (sulfide) groups is 1. The number of H-pyrrole nitrogens is 1. The van der Waals surface area contributed by atoms with Crippen LogP contribution in [0.3, 0.4) is 0 Å². The van der Waals surface area contributed by atoms with Crippen molar-refractivity contribution in [1.29, 1.82) is 0 Å². The summed E-state index contributed by atoms with van der Waals surface area (Å²) in [6.07, 6.45) is 16.0. The molecular weight excluding hydrogens is 1540 g/mol. The molecule has 3 aromatic carbocycles. The number of nitrogens with one attached hydrogen (secondary N) is 1. The molecule has 4 aromatic rings. The molecule has 12 heteroatoms. The van der Waals surface area contributed by atoms with Gasteiger partial charge in [0, 0.05) is 36.5 Å². The van der Waals surface area contributed by atoms with E-state index in [9.17, 15) is 9.59 Å². The van der Waals surface area contributed by atoms with Crippen molar-refractivity contribution in [2.24, 2.45) is 130 Å². The van der Waals surface area contributed by atoms with E-state index in [1.807, 2.05) is 79.3 Å². The van der Waals surface area contributed by atoms with Crippen LogP contribution >= 0.6 is 24.4 Å². The van der Waals surface area contributed by atoms with E-state index in [1.54, 1.807) is 26.0 Å². The van der Waals surface area contributed by atoms with E-state index in [-0.39, 0.29) is 24.0 Å². The molecule has 1 heterocycles. The number of carbonyl (C=O) groups excluding carboxylic acids is 2. The van der Waals surface area contributed by atoms with Crippen LogP contribution in [0.2, 0.25) is 5.32 Å². The molecule has 0 aliphatic carbocycles. The molecule has 1 aromatic heterocycles. The van der Waals surface area contributed by atoms with E-state index in [1.165, 1.54) is 77.2 Å². The van der Waals surface area contributed by atoms with Gasteiger partial charge in [0.2, 0.25) is 11.8 Å². The Morgan fingerprint density at radius 2 is 0.744 bits per heavy atom. The number of thiol groups is 1. The molecule has 2 amide bonds. The summed E-state index contributed by atoms with van der Waals surface area (Å²) < 4.78 is 0. The van der Waals surface area contributed by atoms with E-state index in [2.05, 4.69) is 343 Å². The number of para-hydroxylation sites is 1. The van der Waals surface area contributed by atoms with E-state index in [0.717, 1.165) is 108 Å². The van der Waals surface area contributed by atoms with Crippen LogP contribution in [0.15, 0.2) is 85.1 Å². The average molecular weight is 1760 g/mol. The van der Waals surface area contributed by atoms with E-state index in [0.29, 0.717) is 60.7 Å². The second-order valence-electron chi connectivity index (χ2n) is 38.9. The Labute approximate surface area is 754 Å². The summed E-state index contributed by atoms with van der Waals surface area (Å²) in [5.74, 6) is 17.0. The van der Waals surface area contributed by atoms with Gasteiger partial charge in [0.25, 0.3) is 0 Å². The summed E-state index contributed by atoms with van der Waals surface area (Å²) in [5, 5.41) is 37.0. The normalized spacial score (nSPS) is 11.3. The minimum atomic E-state index is -0.213. The first-order valence-electron chi connectivity index (χ1n) is 46.2. The zero-order valence-corrected chi connectivity index (χ0v) is 90.5. The summed E-state index contributed by atoms with van der Waals surface area (Å²) in [6.45, 7) is 97.4. The molecule has 0 aliphatic heterocycles. The summed E-state index contributed by atoms with van der Waals surface area (Å²) >= 11 is 8.52. The molecule has 0 fully saturated rings. The van der Waals surface area contributed by atoms with Crippen molar-refractivity contribution in [2.75, 3.05) is 24.4 Å². The summed E-state index contributed by atoms with van der Waals surface area (Å²) in [7, 11) is 0. The maximum Gasteiger partial charge on any atom is 0.115 e. The quantitative estimate of drug-likeness (QED) is 0.0227. The van der Waals surface area contributed by atoms with Crippen molar-refractivity contribution in [1.82, 2.24) is 4.98 Å². The number of hydrogen-bond acceptors (Lipinski definition) is 8. The number of benzene rings is 3. The second kappa shape index (κ2) is 102. The molecule has 704 valence electrons. The molecule has 4 atom stereocenters. The number of primary amides is 2. The fourth-order valence-electron chi connectivity index (χ4n) is 7.00. The number of aromatic amines is 1. The number of carbonyl (C=O) groups is 2. The predicted molar refractivity (Wildman–Crippen MR) is 548 cm³/mol. The Morgan fingerprint density at radius 1 is 0.427 bits per heavy atom. The second-order valence-corrected chi connectivity index (χ2v) is 41.0. The van der Waals surface area contributed by atoms with Crippen molar-refractivity contribution >= 4 is 63.1 Å². The van der Waals surface area contributed by atoms with Crippen molar-refractivity contribution < 1.29 is 30.0 Å². The molecule has 0 spiro atoms. The zero-order valence-electron chi connectivity index (χ0n) is 87.0. The third-order valence-electron chi connectivity index (χ3n) is 16.7. The third kappa shape index (κ3) is 158. The first kappa shape index (κ1) is 143. The first-order chi connectivity index (χ1) is 53.6.